The minimum absolute atomic E-state index is 0.0546. The van der Waals surface area contributed by atoms with E-state index in [1.807, 2.05) is 0 Å². The summed E-state index contributed by atoms with van der Waals surface area (Å²) in [5, 5.41) is 0. The number of hydrogen-bond acceptors (Lipinski definition) is 8. The molecule has 0 aromatic rings. The molecule has 0 heterocycles. The van der Waals surface area contributed by atoms with Crippen LogP contribution in [0.5, 0.6) is 0 Å². The standard InChI is InChI=1S/C41H80NO8P/c1-3-5-7-9-11-13-15-16-17-18-19-20-21-22-24-25-27-29-31-33-40(43)47-37-39(38-49-51(45,46)48-36-35-42)50-41(44)34-32-30-28-26-23-14-12-10-8-6-4-2/h10,12,39H,3-9,11,13-38,42H2,1-2H3,(H,45,46)/b12-10-. The van der Waals surface area contributed by atoms with Crippen LogP contribution in [0.25, 0.3) is 0 Å². The molecule has 0 saturated heterocycles. The molecule has 0 fully saturated rings. The maximum absolute atomic E-state index is 12.5. The number of hydrogen-bond donors (Lipinski definition) is 2. The van der Waals surface area contributed by atoms with Gasteiger partial charge in [0.05, 0.1) is 13.2 Å². The van der Waals surface area contributed by atoms with Crippen LogP contribution < -0.4 is 5.73 Å². The van der Waals surface area contributed by atoms with Gasteiger partial charge in [-0.1, -0.05) is 174 Å². The summed E-state index contributed by atoms with van der Waals surface area (Å²) in [6, 6.07) is 0. The SMILES string of the molecule is CCCC/C=C\CCCCCCCC(=O)OC(COC(=O)CCCCCCCCCCCCCCCCCCCCC)COP(=O)(O)OCCN. The Morgan fingerprint density at radius 1 is 0.569 bits per heavy atom. The summed E-state index contributed by atoms with van der Waals surface area (Å²) >= 11 is 0. The van der Waals surface area contributed by atoms with E-state index in [9.17, 15) is 19.0 Å². The molecule has 2 atom stereocenters. The van der Waals surface area contributed by atoms with Crippen LogP contribution in [0.3, 0.4) is 0 Å². The van der Waals surface area contributed by atoms with Crippen LogP contribution in [0.1, 0.15) is 206 Å². The van der Waals surface area contributed by atoms with E-state index in [2.05, 4.69) is 26.0 Å². The first kappa shape index (κ1) is 49.8. The average molecular weight is 746 g/mol. The molecular weight excluding hydrogens is 665 g/mol. The Morgan fingerprint density at radius 2 is 0.980 bits per heavy atom. The van der Waals surface area contributed by atoms with Gasteiger partial charge < -0.3 is 20.1 Å². The second-order valence-electron chi connectivity index (χ2n) is 14.2. The molecule has 0 aromatic carbocycles. The summed E-state index contributed by atoms with van der Waals surface area (Å²) in [6.07, 6.45) is 38.2. The lowest BCUT2D eigenvalue weighted by Gasteiger charge is -2.19. The van der Waals surface area contributed by atoms with Crippen molar-refractivity contribution in [2.45, 2.75) is 213 Å². The average Bonchev–Trinajstić information content (AvgIpc) is 3.11. The lowest BCUT2D eigenvalue weighted by molar-refractivity contribution is -0.161. The number of allylic oxidation sites excluding steroid dienone is 2. The van der Waals surface area contributed by atoms with Crippen LogP contribution in [0, 0.1) is 0 Å². The van der Waals surface area contributed by atoms with Gasteiger partial charge in [-0.25, -0.2) is 4.57 Å². The maximum Gasteiger partial charge on any atom is 0.472 e. The fraction of sp³-hybridized carbons (Fsp3) is 0.902. The molecule has 0 spiro atoms. The Hall–Kier alpha value is -1.25. The highest BCUT2D eigenvalue weighted by Gasteiger charge is 2.26. The Kier molecular flexibility index (Phi) is 37.5. The monoisotopic (exact) mass is 746 g/mol. The summed E-state index contributed by atoms with van der Waals surface area (Å²) < 4.78 is 32.7. The fourth-order valence-electron chi connectivity index (χ4n) is 5.97. The number of phosphoric acid groups is 1. The van der Waals surface area contributed by atoms with Crippen molar-refractivity contribution in [3.05, 3.63) is 12.2 Å². The van der Waals surface area contributed by atoms with Gasteiger partial charge in [0, 0.05) is 19.4 Å². The topological polar surface area (TPSA) is 134 Å². The first-order chi connectivity index (χ1) is 24.8. The van der Waals surface area contributed by atoms with E-state index in [0.29, 0.717) is 6.42 Å². The maximum atomic E-state index is 12.5. The van der Waals surface area contributed by atoms with Gasteiger partial charge in [-0.05, 0) is 32.1 Å². The van der Waals surface area contributed by atoms with Crippen molar-refractivity contribution >= 4 is 19.8 Å². The Balaban J connectivity index is 4.07. The van der Waals surface area contributed by atoms with Crippen molar-refractivity contribution in [2.24, 2.45) is 5.73 Å². The third-order valence-corrected chi connectivity index (χ3v) is 10.1. The minimum Gasteiger partial charge on any atom is -0.462 e. The zero-order valence-electron chi connectivity index (χ0n) is 33.1. The molecule has 0 aliphatic carbocycles. The summed E-state index contributed by atoms with van der Waals surface area (Å²) in [5.74, 6) is -0.831. The van der Waals surface area contributed by atoms with Crippen molar-refractivity contribution in [1.29, 1.82) is 0 Å². The normalized spacial score (nSPS) is 13.4. The number of nitrogens with two attached hydrogens (primary N) is 1. The van der Waals surface area contributed by atoms with Crippen molar-refractivity contribution < 1.29 is 37.6 Å². The third-order valence-electron chi connectivity index (χ3n) is 9.15. The first-order valence-corrected chi connectivity index (χ1v) is 22.7. The molecule has 9 nitrogen and oxygen atoms in total. The van der Waals surface area contributed by atoms with Gasteiger partial charge in [-0.2, -0.15) is 0 Å². The van der Waals surface area contributed by atoms with E-state index in [1.54, 1.807) is 0 Å². The van der Waals surface area contributed by atoms with Crippen LogP contribution in [-0.2, 0) is 32.7 Å². The molecule has 0 amide bonds. The number of unbranched alkanes of at least 4 members (excludes halogenated alkanes) is 25. The van der Waals surface area contributed by atoms with Gasteiger partial charge in [0.25, 0.3) is 0 Å². The van der Waals surface area contributed by atoms with E-state index in [1.165, 1.54) is 116 Å². The number of rotatable bonds is 40. The first-order valence-electron chi connectivity index (χ1n) is 21.2. The minimum atomic E-state index is -4.37. The molecule has 10 heteroatoms. The summed E-state index contributed by atoms with van der Waals surface area (Å²) in [5.41, 5.74) is 5.34. The van der Waals surface area contributed by atoms with E-state index < -0.39 is 26.5 Å². The highest BCUT2D eigenvalue weighted by atomic mass is 31.2. The molecule has 0 saturated carbocycles. The second-order valence-corrected chi connectivity index (χ2v) is 15.7. The van der Waals surface area contributed by atoms with Gasteiger partial charge >= 0.3 is 19.8 Å². The summed E-state index contributed by atoms with van der Waals surface area (Å²) in [6.45, 7) is 3.70. The van der Waals surface area contributed by atoms with Crippen molar-refractivity contribution in [2.75, 3.05) is 26.4 Å². The molecule has 2 unspecified atom stereocenters. The number of carbonyl (C=O) groups is 2. The largest absolute Gasteiger partial charge is 0.472 e. The third kappa shape index (κ3) is 38.3. The molecule has 0 aliphatic heterocycles. The highest BCUT2D eigenvalue weighted by molar-refractivity contribution is 7.47. The molecule has 51 heavy (non-hydrogen) atoms. The van der Waals surface area contributed by atoms with Gasteiger partial charge in [0.2, 0.25) is 0 Å². The zero-order chi connectivity index (χ0) is 37.5. The fourth-order valence-corrected chi connectivity index (χ4v) is 6.73. The quantitative estimate of drug-likeness (QED) is 0.0272. The predicted molar refractivity (Wildman–Crippen MR) is 211 cm³/mol. The van der Waals surface area contributed by atoms with Crippen molar-refractivity contribution in [3.8, 4) is 0 Å². The number of ether oxygens (including phenoxy) is 2. The molecule has 0 rings (SSSR count). The van der Waals surface area contributed by atoms with Crippen molar-refractivity contribution in [1.82, 2.24) is 0 Å². The van der Waals surface area contributed by atoms with Gasteiger partial charge in [0.1, 0.15) is 6.61 Å². The van der Waals surface area contributed by atoms with Gasteiger partial charge in [0.15, 0.2) is 6.10 Å². The lowest BCUT2D eigenvalue weighted by atomic mass is 10.0. The van der Waals surface area contributed by atoms with E-state index in [4.69, 9.17) is 24.3 Å². The molecule has 302 valence electrons. The smallest absolute Gasteiger partial charge is 0.462 e. The Labute approximate surface area is 313 Å². The van der Waals surface area contributed by atoms with Gasteiger partial charge in [-0.3, -0.25) is 18.6 Å². The van der Waals surface area contributed by atoms with Gasteiger partial charge in [-0.15, -0.1) is 0 Å². The number of phosphoric ester groups is 1. The predicted octanol–water partition coefficient (Wildman–Crippen LogP) is 11.8. The summed E-state index contributed by atoms with van der Waals surface area (Å²) in [4.78, 5) is 34.8. The molecule has 3 N–H and O–H groups in total. The molecular formula is C41H80NO8P. The number of carbonyl (C=O) groups excluding carboxylic acids is 2. The van der Waals surface area contributed by atoms with Crippen LogP contribution in [-0.4, -0.2) is 49.3 Å². The molecule has 0 aliphatic rings. The van der Waals surface area contributed by atoms with Crippen LogP contribution >= 0.6 is 7.82 Å². The Morgan fingerprint density at radius 3 is 1.45 bits per heavy atom. The molecule has 0 radical (unpaired) electrons. The number of esters is 2. The molecule has 0 aromatic heterocycles. The second kappa shape index (κ2) is 38.5. The Bertz CT molecular complexity index is 856. The van der Waals surface area contributed by atoms with Crippen LogP contribution in [0.2, 0.25) is 0 Å². The van der Waals surface area contributed by atoms with E-state index in [0.717, 1.165) is 57.8 Å². The van der Waals surface area contributed by atoms with Crippen LogP contribution in [0.15, 0.2) is 12.2 Å². The van der Waals surface area contributed by atoms with Crippen LogP contribution in [0.4, 0.5) is 0 Å². The zero-order valence-corrected chi connectivity index (χ0v) is 34.0. The lowest BCUT2D eigenvalue weighted by Crippen LogP contribution is -2.29. The summed E-state index contributed by atoms with van der Waals surface area (Å²) in [7, 11) is -4.37. The highest BCUT2D eigenvalue weighted by Crippen LogP contribution is 2.43. The van der Waals surface area contributed by atoms with E-state index in [-0.39, 0.29) is 38.6 Å². The van der Waals surface area contributed by atoms with E-state index >= 15 is 0 Å². The van der Waals surface area contributed by atoms with Crippen molar-refractivity contribution in [3.63, 3.8) is 0 Å². The molecule has 0 bridgehead atoms.